The fraction of sp³-hybridized carbons (Fsp3) is 0.231. The summed E-state index contributed by atoms with van der Waals surface area (Å²) in [7, 11) is 0. The Morgan fingerprint density at radius 2 is 2.05 bits per heavy atom. The molecule has 1 aliphatic carbocycles. The predicted molar refractivity (Wildman–Crippen MR) is 60.4 cm³/mol. The summed E-state index contributed by atoms with van der Waals surface area (Å²) in [5.41, 5.74) is -0.383. The molecule has 0 amide bonds. The van der Waals surface area contributed by atoms with Gasteiger partial charge in [-0.15, -0.1) is 0 Å². The monoisotopic (exact) mass is 265 g/mol. The summed E-state index contributed by atoms with van der Waals surface area (Å²) in [6.45, 7) is 0. The third-order valence-electron chi connectivity index (χ3n) is 3.32. The Bertz CT molecular complexity index is 662. The first-order valence-corrected chi connectivity index (χ1v) is 5.68. The third-order valence-corrected chi connectivity index (χ3v) is 3.32. The molecule has 1 N–H and O–H groups in total. The molecule has 0 saturated heterocycles. The minimum absolute atomic E-state index is 0.0847. The van der Waals surface area contributed by atoms with Gasteiger partial charge < -0.3 is 9.52 Å². The number of carboxylic acid groups (broad SMARTS) is 1. The van der Waals surface area contributed by atoms with E-state index in [0.29, 0.717) is 18.5 Å². The standard InChI is InChI=1S/C13H9F2NO3/c14-8-2-1-7(5-9(8)15)11-16-10(6-19-11)13(3-4-13)12(17)18/h1-2,5-6H,3-4H2,(H,17,18). The number of carbonyl (C=O) groups is 1. The van der Waals surface area contributed by atoms with E-state index in [1.807, 2.05) is 0 Å². The Labute approximate surface area is 106 Å². The van der Waals surface area contributed by atoms with E-state index in [1.165, 1.54) is 12.3 Å². The van der Waals surface area contributed by atoms with Crippen LogP contribution in [0, 0.1) is 11.6 Å². The highest BCUT2D eigenvalue weighted by atomic mass is 19.2. The molecule has 1 saturated carbocycles. The fourth-order valence-electron chi connectivity index (χ4n) is 1.96. The van der Waals surface area contributed by atoms with Crippen LogP contribution < -0.4 is 0 Å². The first-order chi connectivity index (χ1) is 9.03. The van der Waals surface area contributed by atoms with Crippen LogP contribution in [0.3, 0.4) is 0 Å². The van der Waals surface area contributed by atoms with E-state index in [9.17, 15) is 13.6 Å². The van der Waals surface area contributed by atoms with Crippen molar-refractivity contribution in [1.29, 1.82) is 0 Å². The molecule has 0 unspecified atom stereocenters. The molecule has 1 fully saturated rings. The lowest BCUT2D eigenvalue weighted by molar-refractivity contribution is -0.140. The number of rotatable bonds is 3. The molecule has 0 radical (unpaired) electrons. The molecule has 2 aromatic rings. The Morgan fingerprint density at radius 1 is 1.32 bits per heavy atom. The molecule has 0 aliphatic heterocycles. The topological polar surface area (TPSA) is 63.3 Å². The van der Waals surface area contributed by atoms with Crippen LogP contribution in [0.4, 0.5) is 8.78 Å². The zero-order chi connectivity index (χ0) is 13.6. The molecule has 6 heteroatoms. The van der Waals surface area contributed by atoms with Gasteiger partial charge in [0, 0.05) is 5.56 Å². The normalized spacial score (nSPS) is 16.3. The number of carboxylic acids is 1. The van der Waals surface area contributed by atoms with Crippen LogP contribution in [0.1, 0.15) is 18.5 Å². The molecule has 98 valence electrons. The van der Waals surface area contributed by atoms with Gasteiger partial charge in [-0.3, -0.25) is 4.79 Å². The van der Waals surface area contributed by atoms with Crippen LogP contribution >= 0.6 is 0 Å². The van der Waals surface area contributed by atoms with E-state index in [1.54, 1.807) is 0 Å². The average molecular weight is 265 g/mol. The molecule has 1 aromatic carbocycles. The minimum atomic E-state index is -1.00. The van der Waals surface area contributed by atoms with E-state index in [0.717, 1.165) is 12.1 Å². The van der Waals surface area contributed by atoms with Crippen LogP contribution in [0.2, 0.25) is 0 Å². The van der Waals surface area contributed by atoms with Gasteiger partial charge in [0.15, 0.2) is 11.6 Å². The molecule has 4 nitrogen and oxygen atoms in total. The molecular formula is C13H9F2NO3. The van der Waals surface area contributed by atoms with Crippen LogP contribution in [-0.4, -0.2) is 16.1 Å². The Hall–Kier alpha value is -2.24. The fourth-order valence-corrected chi connectivity index (χ4v) is 1.96. The highest BCUT2D eigenvalue weighted by Crippen LogP contribution is 2.48. The summed E-state index contributed by atoms with van der Waals surface area (Å²) in [5.74, 6) is -2.82. The molecule has 1 aromatic heterocycles. The van der Waals surface area contributed by atoms with Crippen LogP contribution in [0.5, 0.6) is 0 Å². The Kier molecular flexibility index (Phi) is 2.41. The van der Waals surface area contributed by atoms with Gasteiger partial charge in [-0.05, 0) is 31.0 Å². The molecular weight excluding hydrogens is 256 g/mol. The van der Waals surface area contributed by atoms with E-state index in [-0.39, 0.29) is 11.5 Å². The number of hydrogen-bond acceptors (Lipinski definition) is 3. The smallest absolute Gasteiger partial charge is 0.315 e. The van der Waals surface area contributed by atoms with Gasteiger partial charge in [0.25, 0.3) is 0 Å². The van der Waals surface area contributed by atoms with Crippen molar-refractivity contribution < 1.29 is 23.1 Å². The first-order valence-electron chi connectivity index (χ1n) is 5.68. The molecule has 1 heterocycles. The largest absolute Gasteiger partial charge is 0.481 e. The Morgan fingerprint density at radius 3 is 2.63 bits per heavy atom. The van der Waals surface area contributed by atoms with Gasteiger partial charge in [0.2, 0.25) is 5.89 Å². The number of oxazole rings is 1. The minimum Gasteiger partial charge on any atom is -0.481 e. The van der Waals surface area contributed by atoms with E-state index < -0.39 is 23.0 Å². The molecule has 1 aliphatic rings. The third kappa shape index (κ3) is 1.80. The lowest BCUT2D eigenvalue weighted by Crippen LogP contribution is -2.19. The maximum atomic E-state index is 13.1. The van der Waals surface area contributed by atoms with E-state index in [4.69, 9.17) is 9.52 Å². The van der Waals surface area contributed by atoms with Crippen molar-refractivity contribution in [3.8, 4) is 11.5 Å². The molecule has 0 atom stereocenters. The quantitative estimate of drug-likeness (QED) is 0.926. The van der Waals surface area contributed by atoms with Crippen molar-refractivity contribution in [3.63, 3.8) is 0 Å². The highest BCUT2D eigenvalue weighted by molar-refractivity contribution is 5.84. The van der Waals surface area contributed by atoms with Crippen LogP contribution in [0.15, 0.2) is 28.9 Å². The number of aromatic nitrogens is 1. The van der Waals surface area contributed by atoms with Crippen molar-refractivity contribution in [1.82, 2.24) is 4.98 Å². The van der Waals surface area contributed by atoms with Gasteiger partial charge in [-0.25, -0.2) is 13.8 Å². The predicted octanol–water partition coefficient (Wildman–Crippen LogP) is 2.74. The molecule has 0 spiro atoms. The van der Waals surface area contributed by atoms with Crippen molar-refractivity contribution >= 4 is 5.97 Å². The summed E-state index contributed by atoms with van der Waals surface area (Å²) in [4.78, 5) is 15.2. The number of halogens is 2. The number of benzene rings is 1. The highest BCUT2D eigenvalue weighted by Gasteiger charge is 2.54. The number of hydrogen-bond donors (Lipinski definition) is 1. The van der Waals surface area contributed by atoms with Crippen LogP contribution in [-0.2, 0) is 10.2 Å². The second kappa shape index (κ2) is 3.88. The lowest BCUT2D eigenvalue weighted by Gasteiger charge is -2.03. The molecule has 3 rings (SSSR count). The van der Waals surface area contributed by atoms with Gasteiger partial charge in [-0.2, -0.15) is 0 Å². The van der Waals surface area contributed by atoms with Crippen molar-refractivity contribution in [3.05, 3.63) is 41.8 Å². The van der Waals surface area contributed by atoms with Crippen molar-refractivity contribution in [2.24, 2.45) is 0 Å². The summed E-state index contributed by atoms with van der Waals surface area (Å²) in [5, 5.41) is 9.13. The maximum Gasteiger partial charge on any atom is 0.315 e. The average Bonchev–Trinajstić information content (AvgIpc) is 3.05. The zero-order valence-corrected chi connectivity index (χ0v) is 9.69. The SMILES string of the molecule is O=C(O)C1(c2coc(-c3ccc(F)c(F)c3)n2)CC1. The van der Waals surface area contributed by atoms with Gasteiger partial charge >= 0.3 is 5.97 Å². The second-order valence-electron chi connectivity index (χ2n) is 4.55. The second-order valence-corrected chi connectivity index (χ2v) is 4.55. The summed E-state index contributed by atoms with van der Waals surface area (Å²) in [6, 6.07) is 3.26. The summed E-state index contributed by atoms with van der Waals surface area (Å²) >= 11 is 0. The first kappa shape index (κ1) is 11.8. The van der Waals surface area contributed by atoms with Gasteiger partial charge in [-0.1, -0.05) is 0 Å². The van der Waals surface area contributed by atoms with E-state index >= 15 is 0 Å². The summed E-state index contributed by atoms with van der Waals surface area (Å²) < 4.78 is 31.1. The van der Waals surface area contributed by atoms with Crippen molar-refractivity contribution in [2.45, 2.75) is 18.3 Å². The zero-order valence-electron chi connectivity index (χ0n) is 9.69. The van der Waals surface area contributed by atoms with Gasteiger partial charge in [0.1, 0.15) is 11.7 Å². The van der Waals surface area contributed by atoms with Gasteiger partial charge in [0.05, 0.1) is 5.69 Å². The van der Waals surface area contributed by atoms with Crippen LogP contribution in [0.25, 0.3) is 11.5 Å². The van der Waals surface area contributed by atoms with E-state index in [2.05, 4.69) is 4.98 Å². The summed E-state index contributed by atoms with van der Waals surface area (Å²) in [6.07, 6.45) is 2.27. The number of aliphatic carboxylic acids is 1. The molecule has 0 bridgehead atoms. The van der Waals surface area contributed by atoms with Crippen molar-refractivity contribution in [2.75, 3.05) is 0 Å². The number of nitrogens with zero attached hydrogens (tertiary/aromatic N) is 1. The molecule has 19 heavy (non-hydrogen) atoms. The maximum absolute atomic E-state index is 13.1. The Balaban J connectivity index is 1.97. The lowest BCUT2D eigenvalue weighted by atomic mass is 10.0.